The van der Waals surface area contributed by atoms with E-state index >= 15 is 0 Å². The summed E-state index contributed by atoms with van der Waals surface area (Å²) in [6, 6.07) is 12.7. The highest BCUT2D eigenvalue weighted by Gasteiger charge is 2.19. The van der Waals surface area contributed by atoms with Gasteiger partial charge in [-0.2, -0.15) is 0 Å². The molecule has 0 aliphatic rings. The smallest absolute Gasteiger partial charge is 0.265 e. The second-order valence-electron chi connectivity index (χ2n) is 5.52. The molecule has 2 rings (SSSR count). The average Bonchev–Trinajstić information content (AvgIpc) is 2.57. The predicted molar refractivity (Wildman–Crippen MR) is 97.5 cm³/mol. The first-order valence-corrected chi connectivity index (χ1v) is 9.27. The Morgan fingerprint density at radius 2 is 1.80 bits per heavy atom. The first kappa shape index (κ1) is 19.2. The summed E-state index contributed by atoms with van der Waals surface area (Å²) < 4.78 is 31.0. The number of nitrogens with one attached hydrogen (secondary N) is 1. The molecule has 8 heteroatoms. The van der Waals surface area contributed by atoms with Crippen LogP contribution in [0.25, 0.3) is 0 Å². The van der Waals surface area contributed by atoms with Crippen LogP contribution in [-0.2, 0) is 14.8 Å². The van der Waals surface area contributed by atoms with E-state index < -0.39 is 22.0 Å². The largest absolute Gasteiger partial charge is 0.481 e. The first-order chi connectivity index (χ1) is 11.7. The lowest BCUT2D eigenvalue weighted by Gasteiger charge is -2.16. The molecular weight excluding hydrogens is 364 g/mol. The van der Waals surface area contributed by atoms with Crippen molar-refractivity contribution < 1.29 is 17.9 Å². The SMILES string of the molecule is C[C@@H](Oc1ccc(Cl)cc1)C(=O)Nc1cccc(S(=O)(=O)N(C)C)c1. The minimum atomic E-state index is -3.57. The Hall–Kier alpha value is -2.09. The number of halogens is 1. The number of ether oxygens (including phenoxy) is 1. The van der Waals surface area contributed by atoms with Gasteiger partial charge in [-0.1, -0.05) is 17.7 Å². The molecule has 2 aromatic carbocycles. The van der Waals surface area contributed by atoms with E-state index in [-0.39, 0.29) is 4.90 Å². The Bertz CT molecular complexity index is 851. The van der Waals surface area contributed by atoms with Gasteiger partial charge in [0, 0.05) is 24.8 Å². The van der Waals surface area contributed by atoms with Crippen molar-refractivity contribution in [2.75, 3.05) is 19.4 Å². The van der Waals surface area contributed by atoms with Gasteiger partial charge in [0.25, 0.3) is 5.91 Å². The summed E-state index contributed by atoms with van der Waals surface area (Å²) in [6.45, 7) is 1.60. The predicted octanol–water partition coefficient (Wildman–Crippen LogP) is 3.00. The topological polar surface area (TPSA) is 75.7 Å². The lowest BCUT2D eigenvalue weighted by atomic mass is 10.3. The van der Waals surface area contributed by atoms with E-state index in [2.05, 4.69) is 5.32 Å². The van der Waals surface area contributed by atoms with Crippen LogP contribution in [-0.4, -0.2) is 38.8 Å². The van der Waals surface area contributed by atoms with Crippen LogP contribution < -0.4 is 10.1 Å². The van der Waals surface area contributed by atoms with Crippen LogP contribution in [0.1, 0.15) is 6.92 Å². The number of rotatable bonds is 6. The number of amides is 1. The average molecular weight is 383 g/mol. The summed E-state index contributed by atoms with van der Waals surface area (Å²) >= 11 is 5.80. The molecule has 0 unspecified atom stereocenters. The molecule has 2 aromatic rings. The molecule has 0 bridgehead atoms. The number of carbonyl (C=O) groups is 1. The maximum absolute atomic E-state index is 12.3. The molecule has 1 N–H and O–H groups in total. The first-order valence-electron chi connectivity index (χ1n) is 7.46. The van der Waals surface area contributed by atoms with Crippen LogP contribution >= 0.6 is 11.6 Å². The molecule has 0 aromatic heterocycles. The molecule has 6 nitrogen and oxygen atoms in total. The molecule has 0 spiro atoms. The summed E-state index contributed by atoms with van der Waals surface area (Å²) in [5.74, 6) is 0.116. The Morgan fingerprint density at radius 1 is 1.16 bits per heavy atom. The van der Waals surface area contributed by atoms with Crippen molar-refractivity contribution in [1.82, 2.24) is 4.31 Å². The Balaban J connectivity index is 2.08. The number of hydrogen-bond donors (Lipinski definition) is 1. The lowest BCUT2D eigenvalue weighted by Crippen LogP contribution is -2.30. The molecule has 0 saturated carbocycles. The number of anilines is 1. The summed E-state index contributed by atoms with van der Waals surface area (Å²) in [5, 5.41) is 3.22. The molecular formula is C17H19ClN2O4S. The minimum absolute atomic E-state index is 0.0987. The van der Waals surface area contributed by atoms with Crippen LogP contribution in [0.2, 0.25) is 5.02 Å². The van der Waals surface area contributed by atoms with Gasteiger partial charge >= 0.3 is 0 Å². The van der Waals surface area contributed by atoms with E-state index in [4.69, 9.17) is 16.3 Å². The van der Waals surface area contributed by atoms with Crippen molar-refractivity contribution in [2.45, 2.75) is 17.9 Å². The van der Waals surface area contributed by atoms with Crippen molar-refractivity contribution in [3.8, 4) is 5.75 Å². The summed E-state index contributed by atoms with van der Waals surface area (Å²) in [7, 11) is -0.676. The van der Waals surface area contributed by atoms with Gasteiger partial charge in [-0.15, -0.1) is 0 Å². The molecule has 1 atom stereocenters. The van der Waals surface area contributed by atoms with Gasteiger partial charge in [-0.3, -0.25) is 4.79 Å². The van der Waals surface area contributed by atoms with Gasteiger partial charge in [0.2, 0.25) is 10.0 Å². The van der Waals surface area contributed by atoms with E-state index in [0.717, 1.165) is 4.31 Å². The molecule has 0 heterocycles. The Morgan fingerprint density at radius 3 is 2.40 bits per heavy atom. The lowest BCUT2D eigenvalue weighted by molar-refractivity contribution is -0.122. The van der Waals surface area contributed by atoms with Crippen LogP contribution in [0.4, 0.5) is 5.69 Å². The molecule has 0 aliphatic carbocycles. The minimum Gasteiger partial charge on any atom is -0.481 e. The van der Waals surface area contributed by atoms with E-state index in [1.54, 1.807) is 43.3 Å². The van der Waals surface area contributed by atoms with E-state index in [1.165, 1.54) is 26.2 Å². The highest BCUT2D eigenvalue weighted by atomic mass is 35.5. The third-order valence-electron chi connectivity index (χ3n) is 3.38. The molecule has 1 amide bonds. The number of nitrogens with zero attached hydrogens (tertiary/aromatic N) is 1. The Kier molecular flexibility index (Phi) is 6.05. The van der Waals surface area contributed by atoms with Crippen LogP contribution in [0.15, 0.2) is 53.4 Å². The van der Waals surface area contributed by atoms with E-state index in [1.807, 2.05) is 0 Å². The van der Waals surface area contributed by atoms with Crippen molar-refractivity contribution in [3.05, 3.63) is 53.6 Å². The standard InChI is InChI=1S/C17H19ClN2O4S/c1-12(24-15-9-7-13(18)8-10-15)17(21)19-14-5-4-6-16(11-14)25(22,23)20(2)3/h4-12H,1-3H3,(H,19,21)/t12-/m1/s1. The van der Waals surface area contributed by atoms with Gasteiger partial charge in [0.1, 0.15) is 5.75 Å². The fourth-order valence-electron chi connectivity index (χ4n) is 1.96. The van der Waals surface area contributed by atoms with Gasteiger partial charge in [0.05, 0.1) is 4.90 Å². The van der Waals surface area contributed by atoms with Gasteiger partial charge in [-0.25, -0.2) is 12.7 Å². The summed E-state index contributed by atoms with van der Waals surface area (Å²) in [5.41, 5.74) is 0.375. The molecule has 0 fully saturated rings. The molecule has 0 radical (unpaired) electrons. The monoisotopic (exact) mass is 382 g/mol. The molecule has 25 heavy (non-hydrogen) atoms. The Labute approximate surface area is 152 Å². The second kappa shape index (κ2) is 7.86. The maximum Gasteiger partial charge on any atom is 0.265 e. The summed E-state index contributed by atoms with van der Waals surface area (Å²) in [4.78, 5) is 12.4. The van der Waals surface area contributed by atoms with Crippen molar-refractivity contribution in [1.29, 1.82) is 0 Å². The third kappa shape index (κ3) is 4.94. The van der Waals surface area contributed by atoms with Gasteiger partial charge in [0.15, 0.2) is 6.10 Å². The quantitative estimate of drug-likeness (QED) is 0.833. The number of sulfonamides is 1. The fraction of sp³-hybridized carbons (Fsp3) is 0.235. The van der Waals surface area contributed by atoms with Crippen molar-refractivity contribution >= 4 is 33.2 Å². The van der Waals surface area contributed by atoms with Crippen LogP contribution in [0.3, 0.4) is 0 Å². The maximum atomic E-state index is 12.3. The fourth-order valence-corrected chi connectivity index (χ4v) is 3.03. The van der Waals surface area contributed by atoms with Gasteiger partial charge in [-0.05, 0) is 49.4 Å². The van der Waals surface area contributed by atoms with Gasteiger partial charge < -0.3 is 10.1 Å². The highest BCUT2D eigenvalue weighted by Crippen LogP contribution is 2.20. The zero-order chi connectivity index (χ0) is 18.6. The van der Waals surface area contributed by atoms with E-state index in [0.29, 0.717) is 16.5 Å². The van der Waals surface area contributed by atoms with Crippen LogP contribution in [0, 0.1) is 0 Å². The third-order valence-corrected chi connectivity index (χ3v) is 5.44. The molecule has 0 aliphatic heterocycles. The second-order valence-corrected chi connectivity index (χ2v) is 8.11. The number of carbonyl (C=O) groups excluding carboxylic acids is 1. The van der Waals surface area contributed by atoms with Crippen molar-refractivity contribution in [2.24, 2.45) is 0 Å². The van der Waals surface area contributed by atoms with Crippen LogP contribution in [0.5, 0.6) is 5.75 Å². The van der Waals surface area contributed by atoms with E-state index in [9.17, 15) is 13.2 Å². The number of benzene rings is 2. The molecule has 0 saturated heterocycles. The number of hydrogen-bond acceptors (Lipinski definition) is 4. The highest BCUT2D eigenvalue weighted by molar-refractivity contribution is 7.89. The zero-order valence-electron chi connectivity index (χ0n) is 14.1. The zero-order valence-corrected chi connectivity index (χ0v) is 15.6. The van der Waals surface area contributed by atoms with Crippen molar-refractivity contribution in [3.63, 3.8) is 0 Å². The normalized spacial score (nSPS) is 12.7. The summed E-state index contributed by atoms with van der Waals surface area (Å²) in [6.07, 6.45) is -0.768. The molecule has 134 valence electrons.